The third-order valence-electron chi connectivity index (χ3n) is 7.81. The van der Waals surface area contributed by atoms with Crippen LogP contribution in [0.3, 0.4) is 0 Å². The van der Waals surface area contributed by atoms with E-state index in [0.717, 1.165) is 10.1 Å². The van der Waals surface area contributed by atoms with Crippen molar-refractivity contribution in [2.75, 3.05) is 20.3 Å². The standard InChI is InChI=1S/C28H30N4O7S/c1-17-22-23(33)32(28(10-11-28)26(34)35)27(36)30(25(22)40-24(17)31-13-5-12-29-31)16-21(39-18-8-14-38-15-9-18)19-6-3-4-7-20(19)37-2/h3-7,12-13,18,21H,8-11,14-16H2,1-2H3,(H,34,35)/t21-/m0/s1. The number of hydrogen-bond acceptors (Lipinski definition) is 8. The minimum atomic E-state index is -1.55. The molecule has 3 aromatic heterocycles. The average Bonchev–Trinajstić information content (AvgIpc) is 3.42. The zero-order chi connectivity index (χ0) is 28.0. The van der Waals surface area contributed by atoms with Crippen molar-refractivity contribution in [3.05, 3.63) is 74.7 Å². The first-order valence-electron chi connectivity index (χ1n) is 13.2. The highest BCUT2D eigenvalue weighted by molar-refractivity contribution is 7.21. The summed E-state index contributed by atoms with van der Waals surface area (Å²) in [4.78, 5) is 40.8. The number of aliphatic carboxylic acids is 1. The molecular formula is C28H30N4O7S. The van der Waals surface area contributed by atoms with E-state index >= 15 is 0 Å². The fraction of sp³-hybridized carbons (Fsp3) is 0.429. The summed E-state index contributed by atoms with van der Waals surface area (Å²) >= 11 is 1.27. The van der Waals surface area contributed by atoms with Crippen molar-refractivity contribution >= 4 is 27.5 Å². The number of methoxy groups -OCH3 is 1. The molecule has 1 N–H and O–H groups in total. The van der Waals surface area contributed by atoms with Crippen molar-refractivity contribution in [2.45, 2.75) is 56.9 Å². The van der Waals surface area contributed by atoms with Crippen LogP contribution in [0.25, 0.3) is 15.2 Å². The van der Waals surface area contributed by atoms with Gasteiger partial charge in [0, 0.05) is 36.7 Å². The summed E-state index contributed by atoms with van der Waals surface area (Å²) in [6.07, 6.45) is 4.54. The van der Waals surface area contributed by atoms with Crippen molar-refractivity contribution in [1.82, 2.24) is 18.9 Å². The first-order chi connectivity index (χ1) is 19.4. The summed E-state index contributed by atoms with van der Waals surface area (Å²) in [5.41, 5.74) is -1.42. The molecule has 2 fully saturated rings. The average molecular weight is 567 g/mol. The molecule has 2 aliphatic rings. The third kappa shape index (κ3) is 4.36. The Morgan fingerprint density at radius 2 is 1.98 bits per heavy atom. The van der Waals surface area contributed by atoms with Gasteiger partial charge < -0.3 is 19.3 Å². The highest BCUT2D eigenvalue weighted by Crippen LogP contribution is 2.43. The number of aryl methyl sites for hydroxylation is 1. The van der Waals surface area contributed by atoms with Crippen molar-refractivity contribution in [3.63, 3.8) is 0 Å². The molecule has 12 heteroatoms. The van der Waals surface area contributed by atoms with Crippen molar-refractivity contribution in [2.24, 2.45) is 0 Å². The number of carboxylic acid groups (broad SMARTS) is 1. The molecule has 6 rings (SSSR count). The number of aromatic nitrogens is 4. The van der Waals surface area contributed by atoms with Gasteiger partial charge in [0.05, 0.1) is 25.1 Å². The fourth-order valence-corrected chi connectivity index (χ4v) is 6.73. The highest BCUT2D eigenvalue weighted by atomic mass is 32.1. The second-order valence-corrected chi connectivity index (χ2v) is 11.2. The van der Waals surface area contributed by atoms with Gasteiger partial charge in [-0.15, -0.1) is 0 Å². The molecule has 1 saturated carbocycles. The van der Waals surface area contributed by atoms with E-state index < -0.39 is 28.9 Å². The second-order valence-electron chi connectivity index (χ2n) is 10.2. The van der Waals surface area contributed by atoms with Crippen molar-refractivity contribution < 1.29 is 24.1 Å². The highest BCUT2D eigenvalue weighted by Gasteiger charge is 2.55. The van der Waals surface area contributed by atoms with Gasteiger partial charge in [-0.05, 0) is 44.7 Å². The maximum Gasteiger partial charge on any atom is 0.333 e. The molecule has 11 nitrogen and oxygen atoms in total. The van der Waals surface area contributed by atoms with E-state index in [9.17, 15) is 19.5 Å². The van der Waals surface area contributed by atoms with Crippen LogP contribution < -0.4 is 16.0 Å². The minimum Gasteiger partial charge on any atom is -0.496 e. The summed E-state index contributed by atoms with van der Waals surface area (Å²) < 4.78 is 21.9. The van der Waals surface area contributed by atoms with Gasteiger partial charge >= 0.3 is 11.7 Å². The van der Waals surface area contributed by atoms with Gasteiger partial charge in [-0.2, -0.15) is 5.10 Å². The molecule has 40 heavy (non-hydrogen) atoms. The smallest absolute Gasteiger partial charge is 0.333 e. The van der Waals surface area contributed by atoms with E-state index in [2.05, 4.69) is 5.10 Å². The lowest BCUT2D eigenvalue weighted by molar-refractivity contribution is -0.142. The van der Waals surface area contributed by atoms with Crippen LogP contribution in [-0.2, 0) is 26.4 Å². The molecule has 210 valence electrons. The largest absolute Gasteiger partial charge is 0.496 e. The molecule has 0 radical (unpaired) electrons. The molecule has 1 aliphatic heterocycles. The van der Waals surface area contributed by atoms with Gasteiger partial charge in [0.1, 0.15) is 27.2 Å². The van der Waals surface area contributed by atoms with Gasteiger partial charge in [-0.3, -0.25) is 9.36 Å². The van der Waals surface area contributed by atoms with Gasteiger partial charge in [-0.1, -0.05) is 29.5 Å². The molecule has 1 saturated heterocycles. The topological polar surface area (TPSA) is 127 Å². The predicted octanol–water partition coefficient (Wildman–Crippen LogP) is 3.24. The van der Waals surface area contributed by atoms with E-state index in [1.54, 1.807) is 37.2 Å². The number of hydrogen-bond donors (Lipinski definition) is 1. The summed E-state index contributed by atoms with van der Waals surface area (Å²) in [7, 11) is 1.58. The Labute approximate surface area is 233 Å². The van der Waals surface area contributed by atoms with Crippen LogP contribution in [0.15, 0.2) is 52.3 Å². The Balaban J connectivity index is 1.57. The summed E-state index contributed by atoms with van der Waals surface area (Å²) in [6, 6.07) is 9.25. The zero-order valence-electron chi connectivity index (χ0n) is 22.2. The molecule has 1 aliphatic carbocycles. The molecule has 1 aromatic carbocycles. The Kier molecular flexibility index (Phi) is 6.85. The number of carbonyl (C=O) groups is 1. The summed E-state index contributed by atoms with van der Waals surface area (Å²) in [6.45, 7) is 3.02. The number of thiophene rings is 1. The number of carboxylic acids is 1. The number of benzene rings is 1. The van der Waals surface area contributed by atoms with Gasteiger partial charge in [0.25, 0.3) is 5.56 Å². The minimum absolute atomic E-state index is 0.0571. The van der Waals surface area contributed by atoms with E-state index in [0.29, 0.717) is 52.6 Å². The fourth-order valence-electron chi connectivity index (χ4n) is 5.49. The first-order valence-corrected chi connectivity index (χ1v) is 14.1. The normalized spacial score (nSPS) is 17.6. The van der Waals surface area contributed by atoms with Gasteiger partial charge in [-0.25, -0.2) is 18.8 Å². The predicted molar refractivity (Wildman–Crippen MR) is 148 cm³/mol. The second kappa shape index (κ2) is 10.3. The number of para-hydroxylation sites is 1. The third-order valence-corrected chi connectivity index (χ3v) is 9.11. The van der Waals surface area contributed by atoms with Gasteiger partial charge in [0.2, 0.25) is 0 Å². The molecular weight excluding hydrogens is 536 g/mol. The molecule has 0 spiro atoms. The van der Waals surface area contributed by atoms with E-state index in [1.807, 2.05) is 24.3 Å². The van der Waals surface area contributed by atoms with Crippen LogP contribution in [0.2, 0.25) is 0 Å². The molecule has 0 amide bonds. The zero-order valence-corrected chi connectivity index (χ0v) is 23.1. The molecule has 0 unspecified atom stereocenters. The van der Waals surface area contributed by atoms with Gasteiger partial charge in [0.15, 0.2) is 0 Å². The van der Waals surface area contributed by atoms with Crippen molar-refractivity contribution in [1.29, 1.82) is 0 Å². The Morgan fingerprint density at radius 1 is 1.23 bits per heavy atom. The maximum atomic E-state index is 14.2. The van der Waals surface area contributed by atoms with Crippen LogP contribution in [-0.4, -0.2) is 56.4 Å². The number of fused-ring (bicyclic) bond motifs is 1. The number of ether oxygens (including phenoxy) is 3. The SMILES string of the molecule is COc1ccccc1[C@H](Cn1c(=O)n(C2(C(=O)O)CC2)c(=O)c2c(C)c(-n3cccn3)sc21)OC1CCOCC1. The maximum absolute atomic E-state index is 14.2. The molecule has 4 heterocycles. The lowest BCUT2D eigenvalue weighted by Crippen LogP contribution is -2.49. The van der Waals surface area contributed by atoms with Crippen LogP contribution in [0.1, 0.15) is 42.9 Å². The van der Waals surface area contributed by atoms with Crippen molar-refractivity contribution in [3.8, 4) is 10.8 Å². The molecule has 0 bridgehead atoms. The van der Waals surface area contributed by atoms with E-state index in [1.165, 1.54) is 15.9 Å². The van der Waals surface area contributed by atoms with E-state index in [4.69, 9.17) is 14.2 Å². The monoisotopic (exact) mass is 566 g/mol. The Morgan fingerprint density at radius 3 is 2.62 bits per heavy atom. The number of nitrogens with zero attached hydrogens (tertiary/aromatic N) is 4. The lowest BCUT2D eigenvalue weighted by Gasteiger charge is -2.29. The molecule has 1 atom stereocenters. The van der Waals surface area contributed by atoms with Crippen LogP contribution in [0.5, 0.6) is 5.75 Å². The lowest BCUT2D eigenvalue weighted by atomic mass is 10.1. The Bertz CT molecular complexity index is 1680. The van der Waals surface area contributed by atoms with E-state index in [-0.39, 0.29) is 25.5 Å². The van der Waals surface area contributed by atoms with Crippen LogP contribution >= 0.6 is 11.3 Å². The Hall–Kier alpha value is -3.74. The number of rotatable bonds is 9. The summed E-state index contributed by atoms with van der Waals surface area (Å²) in [5, 5.41) is 15.4. The quantitative estimate of drug-likeness (QED) is 0.327. The first kappa shape index (κ1) is 26.5. The molecule has 4 aromatic rings. The van der Waals surface area contributed by atoms with Crippen LogP contribution in [0.4, 0.5) is 0 Å². The van der Waals surface area contributed by atoms with Crippen LogP contribution in [0, 0.1) is 6.92 Å². The summed E-state index contributed by atoms with van der Waals surface area (Å²) in [5.74, 6) is -0.571.